The van der Waals surface area contributed by atoms with E-state index in [2.05, 4.69) is 12.2 Å². The zero-order chi connectivity index (χ0) is 18.9. The second-order valence-electron chi connectivity index (χ2n) is 7.39. The molecule has 4 amide bonds. The molecule has 140 valence electrons. The van der Waals surface area contributed by atoms with Gasteiger partial charge in [-0.25, -0.2) is 9.69 Å². The Bertz CT molecular complexity index is 710. The van der Waals surface area contributed by atoms with Crippen LogP contribution in [0.4, 0.5) is 4.79 Å². The van der Waals surface area contributed by atoms with Gasteiger partial charge in [-0.3, -0.25) is 9.59 Å². The highest BCUT2D eigenvalue weighted by atomic mass is 16.2. The SMILES string of the molecule is CCCc1ccc([C@@]2(C)NC(=O)N([C@@H](C)C(=O)N3CCCC3)C2=O)cc1. The molecule has 2 heterocycles. The molecule has 0 spiro atoms. The van der Waals surface area contributed by atoms with Crippen LogP contribution in [0.1, 0.15) is 51.2 Å². The Morgan fingerprint density at radius 2 is 1.81 bits per heavy atom. The zero-order valence-corrected chi connectivity index (χ0v) is 15.7. The van der Waals surface area contributed by atoms with Gasteiger partial charge in [-0.05, 0) is 44.2 Å². The number of nitrogens with zero attached hydrogens (tertiary/aromatic N) is 2. The molecule has 0 aromatic heterocycles. The highest BCUT2D eigenvalue weighted by molar-refractivity contribution is 6.09. The van der Waals surface area contributed by atoms with Gasteiger partial charge < -0.3 is 10.2 Å². The van der Waals surface area contributed by atoms with E-state index in [-0.39, 0.29) is 11.8 Å². The van der Waals surface area contributed by atoms with Crippen molar-refractivity contribution < 1.29 is 14.4 Å². The Kier molecular flexibility index (Phi) is 5.03. The quantitative estimate of drug-likeness (QED) is 0.823. The van der Waals surface area contributed by atoms with Crippen LogP contribution in [0.15, 0.2) is 24.3 Å². The van der Waals surface area contributed by atoms with Gasteiger partial charge in [0.25, 0.3) is 5.91 Å². The highest BCUT2D eigenvalue weighted by Crippen LogP contribution is 2.31. The molecule has 0 aliphatic carbocycles. The van der Waals surface area contributed by atoms with E-state index in [4.69, 9.17) is 0 Å². The minimum absolute atomic E-state index is 0.159. The largest absolute Gasteiger partial charge is 0.341 e. The molecular formula is C20H27N3O3. The molecule has 26 heavy (non-hydrogen) atoms. The van der Waals surface area contributed by atoms with Crippen molar-refractivity contribution in [2.45, 2.75) is 58.0 Å². The number of benzene rings is 1. The number of imide groups is 1. The molecule has 1 aromatic rings. The summed E-state index contributed by atoms with van der Waals surface area (Å²) in [5.41, 5.74) is 0.798. The van der Waals surface area contributed by atoms with Crippen LogP contribution < -0.4 is 5.32 Å². The standard InChI is InChI=1S/C20H27N3O3/c1-4-7-15-8-10-16(11-9-15)20(3)18(25)23(19(26)21-20)14(2)17(24)22-12-5-6-13-22/h8-11,14H,4-7,12-13H2,1-3H3,(H,21,26)/t14-,20+/m0/s1. The van der Waals surface area contributed by atoms with Crippen LogP contribution in [0.3, 0.4) is 0 Å². The summed E-state index contributed by atoms with van der Waals surface area (Å²) in [6.07, 6.45) is 3.97. The Labute approximate surface area is 154 Å². The van der Waals surface area contributed by atoms with Crippen molar-refractivity contribution in [2.24, 2.45) is 0 Å². The molecule has 0 bridgehead atoms. The second-order valence-corrected chi connectivity index (χ2v) is 7.39. The number of carbonyl (C=O) groups excluding carboxylic acids is 3. The number of rotatable bonds is 5. The molecule has 0 radical (unpaired) electrons. The number of nitrogens with one attached hydrogen (secondary N) is 1. The van der Waals surface area contributed by atoms with Crippen LogP contribution in [0.25, 0.3) is 0 Å². The summed E-state index contributed by atoms with van der Waals surface area (Å²) >= 11 is 0. The smallest absolute Gasteiger partial charge is 0.326 e. The third-order valence-corrected chi connectivity index (χ3v) is 5.45. The molecule has 1 N–H and O–H groups in total. The number of amides is 4. The van der Waals surface area contributed by atoms with Gasteiger partial charge in [-0.15, -0.1) is 0 Å². The van der Waals surface area contributed by atoms with Gasteiger partial charge in [-0.1, -0.05) is 37.6 Å². The Hall–Kier alpha value is -2.37. The number of hydrogen-bond donors (Lipinski definition) is 1. The van der Waals surface area contributed by atoms with Crippen LogP contribution in [0.2, 0.25) is 0 Å². The fourth-order valence-corrected chi connectivity index (χ4v) is 3.81. The van der Waals surface area contributed by atoms with Crippen LogP contribution in [-0.4, -0.2) is 46.8 Å². The van der Waals surface area contributed by atoms with Crippen molar-refractivity contribution in [2.75, 3.05) is 13.1 Å². The number of hydrogen-bond acceptors (Lipinski definition) is 3. The van der Waals surface area contributed by atoms with Gasteiger partial charge in [0.2, 0.25) is 5.91 Å². The molecule has 1 aromatic carbocycles. The fraction of sp³-hybridized carbons (Fsp3) is 0.550. The Morgan fingerprint density at radius 1 is 1.19 bits per heavy atom. The molecule has 2 aliphatic heterocycles. The monoisotopic (exact) mass is 357 g/mol. The summed E-state index contributed by atoms with van der Waals surface area (Å²) in [7, 11) is 0. The predicted molar refractivity (Wildman–Crippen MR) is 98.4 cm³/mol. The van der Waals surface area contributed by atoms with Crippen molar-refractivity contribution >= 4 is 17.8 Å². The second kappa shape index (κ2) is 7.09. The van der Waals surface area contributed by atoms with E-state index in [1.165, 1.54) is 5.56 Å². The summed E-state index contributed by atoms with van der Waals surface area (Å²) in [5, 5.41) is 2.79. The highest BCUT2D eigenvalue weighted by Gasteiger charge is 2.52. The average molecular weight is 357 g/mol. The van der Waals surface area contributed by atoms with E-state index in [0.29, 0.717) is 13.1 Å². The van der Waals surface area contributed by atoms with Gasteiger partial charge in [0.05, 0.1) is 0 Å². The number of likely N-dealkylation sites (tertiary alicyclic amines) is 1. The summed E-state index contributed by atoms with van der Waals surface area (Å²) in [6.45, 7) is 6.85. The van der Waals surface area contributed by atoms with Crippen molar-refractivity contribution in [1.29, 1.82) is 0 Å². The minimum atomic E-state index is -1.14. The van der Waals surface area contributed by atoms with Gasteiger partial charge in [-0.2, -0.15) is 0 Å². The van der Waals surface area contributed by atoms with Gasteiger partial charge in [0, 0.05) is 13.1 Å². The summed E-state index contributed by atoms with van der Waals surface area (Å²) in [6, 6.07) is 6.46. The first-order valence-electron chi connectivity index (χ1n) is 9.42. The van der Waals surface area contributed by atoms with E-state index in [1.807, 2.05) is 24.3 Å². The van der Waals surface area contributed by atoms with E-state index in [0.717, 1.165) is 36.1 Å². The minimum Gasteiger partial charge on any atom is -0.341 e. The third kappa shape index (κ3) is 3.08. The summed E-state index contributed by atoms with van der Waals surface area (Å²) < 4.78 is 0. The van der Waals surface area contributed by atoms with Crippen molar-refractivity contribution in [1.82, 2.24) is 15.1 Å². The molecule has 2 saturated heterocycles. The van der Waals surface area contributed by atoms with Gasteiger partial charge in [0.15, 0.2) is 0 Å². The normalized spacial score (nSPS) is 24.1. The number of aryl methyl sites for hydroxylation is 1. The maximum absolute atomic E-state index is 13.1. The lowest BCUT2D eigenvalue weighted by Gasteiger charge is -2.27. The molecule has 0 unspecified atom stereocenters. The first-order chi connectivity index (χ1) is 12.4. The first kappa shape index (κ1) is 18.4. The lowest BCUT2D eigenvalue weighted by Crippen LogP contribution is -2.49. The van der Waals surface area contributed by atoms with E-state index >= 15 is 0 Å². The lowest BCUT2D eigenvalue weighted by molar-refractivity contribution is -0.142. The topological polar surface area (TPSA) is 69.7 Å². The number of carbonyl (C=O) groups is 3. The molecule has 3 rings (SSSR count). The maximum Gasteiger partial charge on any atom is 0.326 e. The molecule has 6 nitrogen and oxygen atoms in total. The molecule has 0 saturated carbocycles. The Morgan fingerprint density at radius 3 is 2.38 bits per heavy atom. The predicted octanol–water partition coefficient (Wildman–Crippen LogP) is 2.42. The summed E-state index contributed by atoms with van der Waals surface area (Å²) in [5.74, 6) is -0.528. The number of urea groups is 1. The molecule has 2 atom stereocenters. The first-order valence-corrected chi connectivity index (χ1v) is 9.42. The zero-order valence-electron chi connectivity index (χ0n) is 15.7. The van der Waals surface area contributed by atoms with Crippen LogP contribution >= 0.6 is 0 Å². The van der Waals surface area contributed by atoms with E-state index in [9.17, 15) is 14.4 Å². The molecular weight excluding hydrogens is 330 g/mol. The fourth-order valence-electron chi connectivity index (χ4n) is 3.81. The molecule has 6 heteroatoms. The van der Waals surface area contributed by atoms with Gasteiger partial charge >= 0.3 is 6.03 Å². The summed E-state index contributed by atoms with van der Waals surface area (Å²) in [4.78, 5) is 41.1. The molecule has 2 fully saturated rings. The van der Waals surface area contributed by atoms with Crippen molar-refractivity contribution in [3.63, 3.8) is 0 Å². The van der Waals surface area contributed by atoms with Crippen LogP contribution in [-0.2, 0) is 21.5 Å². The van der Waals surface area contributed by atoms with Crippen LogP contribution in [0, 0.1) is 0 Å². The van der Waals surface area contributed by atoms with Crippen LogP contribution in [0.5, 0.6) is 0 Å². The maximum atomic E-state index is 13.1. The average Bonchev–Trinajstić information content (AvgIpc) is 3.23. The van der Waals surface area contributed by atoms with E-state index in [1.54, 1.807) is 18.7 Å². The van der Waals surface area contributed by atoms with Gasteiger partial charge in [0.1, 0.15) is 11.6 Å². The molecule has 2 aliphatic rings. The van der Waals surface area contributed by atoms with Crippen molar-refractivity contribution in [3.8, 4) is 0 Å². The lowest BCUT2D eigenvalue weighted by atomic mass is 9.90. The van der Waals surface area contributed by atoms with Crippen molar-refractivity contribution in [3.05, 3.63) is 35.4 Å². The Balaban J connectivity index is 1.81. The van der Waals surface area contributed by atoms with E-state index < -0.39 is 17.6 Å². The third-order valence-electron chi connectivity index (χ3n) is 5.45.